The van der Waals surface area contributed by atoms with Crippen molar-refractivity contribution in [1.82, 2.24) is 4.98 Å². The lowest BCUT2D eigenvalue weighted by Gasteiger charge is -2.18. The van der Waals surface area contributed by atoms with Crippen LogP contribution in [0.1, 0.15) is 29.0 Å². The summed E-state index contributed by atoms with van der Waals surface area (Å²) in [6.07, 6.45) is 0.382. The highest BCUT2D eigenvalue weighted by Gasteiger charge is 2.18. The SMILES string of the molecule is Cc1ccc2nc(-c3ccc(NC(=O)CC(c4ccccc4)c4ccccc4)cc3)sc2c1. The van der Waals surface area contributed by atoms with Gasteiger partial charge in [-0.1, -0.05) is 66.7 Å². The number of carbonyl (C=O) groups excluding carboxylic acids is 1. The summed E-state index contributed by atoms with van der Waals surface area (Å²) >= 11 is 1.69. The zero-order valence-corrected chi connectivity index (χ0v) is 19.2. The molecule has 3 nitrogen and oxygen atoms in total. The van der Waals surface area contributed by atoms with Crippen LogP contribution >= 0.6 is 11.3 Å². The van der Waals surface area contributed by atoms with Crippen molar-refractivity contribution >= 4 is 33.1 Å². The molecule has 5 aromatic rings. The zero-order valence-electron chi connectivity index (χ0n) is 18.4. The maximum atomic E-state index is 13.0. The van der Waals surface area contributed by atoms with Crippen molar-refractivity contribution in [2.45, 2.75) is 19.3 Å². The van der Waals surface area contributed by atoms with E-state index in [2.05, 4.69) is 54.7 Å². The van der Waals surface area contributed by atoms with Crippen molar-refractivity contribution in [3.63, 3.8) is 0 Å². The van der Waals surface area contributed by atoms with Crippen molar-refractivity contribution in [3.8, 4) is 10.6 Å². The van der Waals surface area contributed by atoms with E-state index < -0.39 is 0 Å². The van der Waals surface area contributed by atoms with Crippen LogP contribution in [0.2, 0.25) is 0 Å². The monoisotopic (exact) mass is 448 g/mol. The molecule has 0 spiro atoms. The van der Waals surface area contributed by atoms with Crippen LogP contribution in [0.3, 0.4) is 0 Å². The van der Waals surface area contributed by atoms with Gasteiger partial charge in [0, 0.05) is 23.6 Å². The highest BCUT2D eigenvalue weighted by atomic mass is 32.1. The predicted molar refractivity (Wildman–Crippen MR) is 138 cm³/mol. The fourth-order valence-corrected chi connectivity index (χ4v) is 5.12. The number of fused-ring (bicyclic) bond motifs is 1. The summed E-state index contributed by atoms with van der Waals surface area (Å²) < 4.78 is 1.19. The molecular formula is C29H24N2OS. The Morgan fingerprint density at radius 1 is 0.848 bits per heavy atom. The van der Waals surface area contributed by atoms with Gasteiger partial charge in [0.15, 0.2) is 0 Å². The second kappa shape index (κ2) is 9.39. The molecule has 0 radical (unpaired) electrons. The highest BCUT2D eigenvalue weighted by molar-refractivity contribution is 7.21. The van der Waals surface area contributed by atoms with Gasteiger partial charge in [0.2, 0.25) is 5.91 Å². The van der Waals surface area contributed by atoms with Crippen LogP contribution in [0.4, 0.5) is 5.69 Å². The molecule has 1 aromatic heterocycles. The molecule has 0 aliphatic heterocycles. The van der Waals surface area contributed by atoms with Crippen LogP contribution in [-0.4, -0.2) is 10.9 Å². The molecule has 0 atom stereocenters. The molecule has 162 valence electrons. The molecule has 4 heteroatoms. The van der Waals surface area contributed by atoms with E-state index in [9.17, 15) is 4.79 Å². The highest BCUT2D eigenvalue weighted by Crippen LogP contribution is 2.32. The number of rotatable bonds is 6. The molecule has 1 N–H and O–H groups in total. The summed E-state index contributed by atoms with van der Waals surface area (Å²) in [7, 11) is 0. The molecule has 0 bridgehead atoms. The fourth-order valence-electron chi connectivity index (χ4n) is 4.05. The molecule has 1 heterocycles. The maximum Gasteiger partial charge on any atom is 0.225 e. The van der Waals surface area contributed by atoms with Crippen LogP contribution in [0.25, 0.3) is 20.8 Å². The number of nitrogens with one attached hydrogen (secondary N) is 1. The quantitative estimate of drug-likeness (QED) is 0.293. The minimum absolute atomic E-state index is 0.00378. The van der Waals surface area contributed by atoms with E-state index >= 15 is 0 Å². The number of amides is 1. The second-order valence-corrected chi connectivity index (χ2v) is 9.22. The average Bonchev–Trinajstić information content (AvgIpc) is 3.27. The van der Waals surface area contributed by atoms with E-state index in [4.69, 9.17) is 4.98 Å². The number of aryl methyl sites for hydroxylation is 1. The number of aromatic nitrogens is 1. The number of benzene rings is 4. The Bertz CT molecular complexity index is 1340. The second-order valence-electron chi connectivity index (χ2n) is 8.19. The molecule has 0 aliphatic carbocycles. The summed E-state index contributed by atoms with van der Waals surface area (Å²) in [4.78, 5) is 17.7. The topological polar surface area (TPSA) is 42.0 Å². The van der Waals surface area contributed by atoms with Gasteiger partial charge in [-0.25, -0.2) is 4.98 Å². The lowest BCUT2D eigenvalue weighted by molar-refractivity contribution is -0.116. The van der Waals surface area contributed by atoms with Crippen LogP contribution in [0, 0.1) is 6.92 Å². The van der Waals surface area contributed by atoms with Gasteiger partial charge in [-0.05, 0) is 60.0 Å². The van der Waals surface area contributed by atoms with E-state index in [0.717, 1.165) is 32.9 Å². The molecule has 4 aromatic carbocycles. The van der Waals surface area contributed by atoms with E-state index in [1.165, 1.54) is 10.3 Å². The Balaban J connectivity index is 1.31. The van der Waals surface area contributed by atoms with Crippen LogP contribution in [0.15, 0.2) is 103 Å². The lowest BCUT2D eigenvalue weighted by atomic mass is 9.88. The number of thiazole rings is 1. The van der Waals surface area contributed by atoms with Gasteiger partial charge < -0.3 is 5.32 Å². The minimum Gasteiger partial charge on any atom is -0.326 e. The van der Waals surface area contributed by atoms with Crippen molar-refractivity contribution in [1.29, 1.82) is 0 Å². The summed E-state index contributed by atoms with van der Waals surface area (Å²) in [6.45, 7) is 2.09. The largest absolute Gasteiger partial charge is 0.326 e. The van der Waals surface area contributed by atoms with Crippen molar-refractivity contribution in [3.05, 3.63) is 120 Å². The minimum atomic E-state index is -0.00378. The van der Waals surface area contributed by atoms with Gasteiger partial charge in [0.25, 0.3) is 0 Å². The van der Waals surface area contributed by atoms with Gasteiger partial charge in [-0.3, -0.25) is 4.79 Å². The number of carbonyl (C=O) groups is 1. The molecule has 5 rings (SSSR count). The van der Waals surface area contributed by atoms with Crippen molar-refractivity contribution < 1.29 is 4.79 Å². The van der Waals surface area contributed by atoms with E-state index in [-0.39, 0.29) is 11.8 Å². The first-order valence-electron chi connectivity index (χ1n) is 11.0. The third-order valence-corrected chi connectivity index (χ3v) is 6.82. The van der Waals surface area contributed by atoms with E-state index in [1.807, 2.05) is 60.7 Å². The Labute approximate surface area is 197 Å². The molecule has 0 aliphatic rings. The van der Waals surface area contributed by atoms with Gasteiger partial charge in [0.05, 0.1) is 10.2 Å². The standard InChI is InChI=1S/C29H24N2OS/c1-20-12-17-26-27(18-20)33-29(31-26)23-13-15-24(16-14-23)30-28(32)19-25(21-8-4-2-5-9-21)22-10-6-3-7-11-22/h2-18,25H,19H2,1H3,(H,30,32). The number of anilines is 1. The Kier molecular flexibility index (Phi) is 6.01. The number of hydrogen-bond donors (Lipinski definition) is 1. The molecule has 0 saturated carbocycles. The van der Waals surface area contributed by atoms with Gasteiger partial charge in [-0.2, -0.15) is 0 Å². The molecule has 33 heavy (non-hydrogen) atoms. The fraction of sp³-hybridized carbons (Fsp3) is 0.103. The summed E-state index contributed by atoms with van der Waals surface area (Å²) in [5, 5.41) is 4.06. The normalized spacial score (nSPS) is 11.1. The Morgan fingerprint density at radius 3 is 2.12 bits per heavy atom. The van der Waals surface area contributed by atoms with Crippen LogP contribution in [0.5, 0.6) is 0 Å². The van der Waals surface area contributed by atoms with Gasteiger partial charge in [-0.15, -0.1) is 11.3 Å². The number of nitrogens with zero attached hydrogens (tertiary/aromatic N) is 1. The maximum absolute atomic E-state index is 13.0. The zero-order chi connectivity index (χ0) is 22.6. The van der Waals surface area contributed by atoms with E-state index in [0.29, 0.717) is 6.42 Å². The van der Waals surface area contributed by atoms with Crippen LogP contribution in [-0.2, 0) is 4.79 Å². The summed E-state index contributed by atoms with van der Waals surface area (Å²) in [5.74, 6) is 0.00815. The van der Waals surface area contributed by atoms with Crippen molar-refractivity contribution in [2.24, 2.45) is 0 Å². The summed E-state index contributed by atoms with van der Waals surface area (Å²) in [5.41, 5.74) is 6.38. The number of hydrogen-bond acceptors (Lipinski definition) is 3. The first kappa shape index (κ1) is 21.1. The third kappa shape index (κ3) is 4.86. The summed E-state index contributed by atoms with van der Waals surface area (Å²) in [6, 6.07) is 34.7. The van der Waals surface area contributed by atoms with E-state index in [1.54, 1.807) is 11.3 Å². The Morgan fingerprint density at radius 2 is 1.48 bits per heavy atom. The molecule has 1 amide bonds. The Hall–Kier alpha value is -3.76. The molecule has 0 fully saturated rings. The average molecular weight is 449 g/mol. The first-order valence-corrected chi connectivity index (χ1v) is 11.8. The predicted octanol–water partition coefficient (Wildman–Crippen LogP) is 7.43. The van der Waals surface area contributed by atoms with Crippen LogP contribution < -0.4 is 5.32 Å². The third-order valence-electron chi connectivity index (χ3n) is 5.75. The molecule has 0 unspecified atom stereocenters. The lowest BCUT2D eigenvalue weighted by Crippen LogP contribution is -2.16. The molecule has 0 saturated heterocycles. The molecular weight excluding hydrogens is 424 g/mol. The van der Waals surface area contributed by atoms with Crippen molar-refractivity contribution in [2.75, 3.05) is 5.32 Å². The first-order chi connectivity index (χ1) is 16.2. The van der Waals surface area contributed by atoms with Gasteiger partial charge in [0.1, 0.15) is 5.01 Å². The van der Waals surface area contributed by atoms with Gasteiger partial charge >= 0.3 is 0 Å². The smallest absolute Gasteiger partial charge is 0.225 e.